The Morgan fingerprint density at radius 2 is 1.51 bits per heavy atom. The van der Waals surface area contributed by atoms with E-state index in [4.69, 9.17) is 21.1 Å². The highest BCUT2D eigenvalue weighted by Gasteiger charge is 2.35. The van der Waals surface area contributed by atoms with Crippen LogP contribution >= 0.6 is 23.4 Å². The fourth-order valence-corrected chi connectivity index (χ4v) is 4.72. The van der Waals surface area contributed by atoms with Crippen LogP contribution in [0.1, 0.15) is 37.5 Å². The topological polar surface area (TPSA) is 55.8 Å². The molecule has 0 aromatic heterocycles. The Bertz CT molecular complexity index is 1300. The van der Waals surface area contributed by atoms with Crippen LogP contribution in [0.2, 0.25) is 5.02 Å². The highest BCUT2D eigenvalue weighted by atomic mass is 35.5. The Balaban J connectivity index is 1.30. The quantitative estimate of drug-likeness (QED) is 0.219. The van der Waals surface area contributed by atoms with E-state index in [9.17, 15) is 14.0 Å². The van der Waals surface area contributed by atoms with E-state index < -0.39 is 17.0 Å². The first-order chi connectivity index (χ1) is 17.6. The third kappa shape index (κ3) is 6.73. The van der Waals surface area contributed by atoms with E-state index in [1.807, 2.05) is 12.1 Å². The summed E-state index contributed by atoms with van der Waals surface area (Å²) in [5.74, 6) is 0.404. The summed E-state index contributed by atoms with van der Waals surface area (Å²) >= 11 is 6.86. The van der Waals surface area contributed by atoms with Crippen LogP contribution in [0.15, 0.2) is 71.6 Å². The maximum atomic E-state index is 14.1. The van der Waals surface area contributed by atoms with Crippen LogP contribution in [0, 0.1) is 5.82 Å². The Kier molecular flexibility index (Phi) is 8.25. The van der Waals surface area contributed by atoms with Crippen molar-refractivity contribution < 1.29 is 23.5 Å². The first-order valence-corrected chi connectivity index (χ1v) is 13.0. The monoisotopic (exact) mass is 539 g/mol. The third-order valence-corrected chi connectivity index (χ3v) is 7.03. The molecule has 0 atom stereocenters. The SMILES string of the molecule is CC(C)(C)c1ccc(OCCOc2ccc(/C=C3\SC(=O)N(Cc4c(F)cccc4Cl)C3=O)cc2)cc1. The molecule has 0 bridgehead atoms. The molecular formula is C29H27ClFNO4S. The molecule has 3 aromatic rings. The number of nitrogens with zero attached hydrogens (tertiary/aromatic N) is 1. The van der Waals surface area contributed by atoms with Crippen LogP contribution in [-0.4, -0.2) is 29.3 Å². The minimum absolute atomic E-state index is 0.0955. The van der Waals surface area contributed by atoms with Crippen LogP contribution < -0.4 is 9.47 Å². The van der Waals surface area contributed by atoms with Gasteiger partial charge in [0, 0.05) is 10.6 Å². The number of benzene rings is 3. The Morgan fingerprint density at radius 3 is 2.08 bits per heavy atom. The first-order valence-electron chi connectivity index (χ1n) is 11.8. The second-order valence-corrected chi connectivity index (χ2v) is 10.9. The lowest BCUT2D eigenvalue weighted by Gasteiger charge is -2.19. The average Bonchev–Trinajstić information content (AvgIpc) is 3.12. The summed E-state index contributed by atoms with van der Waals surface area (Å²) in [6.07, 6.45) is 1.63. The summed E-state index contributed by atoms with van der Waals surface area (Å²) < 4.78 is 25.6. The lowest BCUT2D eigenvalue weighted by molar-refractivity contribution is -0.123. The van der Waals surface area contributed by atoms with Gasteiger partial charge in [-0.1, -0.05) is 62.7 Å². The maximum Gasteiger partial charge on any atom is 0.293 e. The normalized spacial score (nSPS) is 14.9. The van der Waals surface area contributed by atoms with E-state index in [0.717, 1.165) is 28.0 Å². The van der Waals surface area contributed by atoms with Crippen molar-refractivity contribution in [3.8, 4) is 11.5 Å². The molecule has 0 unspecified atom stereocenters. The van der Waals surface area contributed by atoms with Gasteiger partial charge in [-0.3, -0.25) is 14.5 Å². The predicted octanol–water partition coefficient (Wildman–Crippen LogP) is 7.47. The summed E-state index contributed by atoms with van der Waals surface area (Å²) in [6.45, 7) is 7.06. The number of rotatable bonds is 8. The van der Waals surface area contributed by atoms with Crippen molar-refractivity contribution in [3.63, 3.8) is 0 Å². The summed E-state index contributed by atoms with van der Waals surface area (Å²) in [7, 11) is 0. The molecule has 0 spiro atoms. The molecule has 0 N–H and O–H groups in total. The predicted molar refractivity (Wildman–Crippen MR) is 145 cm³/mol. The van der Waals surface area contributed by atoms with E-state index in [1.54, 1.807) is 30.3 Å². The van der Waals surface area contributed by atoms with Crippen molar-refractivity contribution in [2.24, 2.45) is 0 Å². The van der Waals surface area contributed by atoms with Gasteiger partial charge in [-0.2, -0.15) is 0 Å². The van der Waals surface area contributed by atoms with E-state index in [0.29, 0.717) is 19.0 Å². The second-order valence-electron chi connectivity index (χ2n) is 9.51. The summed E-state index contributed by atoms with van der Waals surface area (Å²) in [4.78, 5) is 26.4. The van der Waals surface area contributed by atoms with Crippen molar-refractivity contribution >= 4 is 40.6 Å². The average molecular weight is 540 g/mol. The third-order valence-electron chi connectivity index (χ3n) is 5.77. The van der Waals surface area contributed by atoms with Gasteiger partial charge in [-0.25, -0.2) is 4.39 Å². The molecule has 1 aliphatic rings. The van der Waals surface area contributed by atoms with Gasteiger partial charge in [0.15, 0.2) is 0 Å². The van der Waals surface area contributed by atoms with E-state index in [2.05, 4.69) is 32.9 Å². The van der Waals surface area contributed by atoms with Gasteiger partial charge in [0.1, 0.15) is 30.5 Å². The van der Waals surface area contributed by atoms with Crippen LogP contribution in [0.25, 0.3) is 6.08 Å². The minimum atomic E-state index is -0.560. The van der Waals surface area contributed by atoms with Crippen molar-refractivity contribution in [2.75, 3.05) is 13.2 Å². The van der Waals surface area contributed by atoms with Gasteiger partial charge >= 0.3 is 0 Å². The van der Waals surface area contributed by atoms with Crippen LogP contribution in [0.4, 0.5) is 9.18 Å². The van der Waals surface area contributed by atoms with Crippen molar-refractivity contribution in [1.29, 1.82) is 0 Å². The molecular weight excluding hydrogens is 513 g/mol. The maximum absolute atomic E-state index is 14.1. The number of imide groups is 1. The Labute approximate surface area is 225 Å². The van der Waals surface area contributed by atoms with Gasteiger partial charge < -0.3 is 9.47 Å². The van der Waals surface area contributed by atoms with Crippen molar-refractivity contribution in [3.05, 3.63) is 99.2 Å². The zero-order chi connectivity index (χ0) is 26.6. The molecule has 5 nitrogen and oxygen atoms in total. The number of amides is 2. The molecule has 8 heteroatoms. The molecule has 0 aliphatic carbocycles. The zero-order valence-corrected chi connectivity index (χ0v) is 22.4. The molecule has 0 radical (unpaired) electrons. The van der Waals surface area contributed by atoms with E-state index in [1.165, 1.54) is 23.8 Å². The van der Waals surface area contributed by atoms with Gasteiger partial charge in [-0.15, -0.1) is 0 Å². The highest BCUT2D eigenvalue weighted by Crippen LogP contribution is 2.35. The summed E-state index contributed by atoms with van der Waals surface area (Å²) in [6, 6.07) is 19.5. The number of ether oxygens (including phenoxy) is 2. The highest BCUT2D eigenvalue weighted by molar-refractivity contribution is 8.18. The lowest BCUT2D eigenvalue weighted by atomic mass is 9.87. The van der Waals surface area contributed by atoms with Gasteiger partial charge in [0.05, 0.1) is 11.4 Å². The second kappa shape index (κ2) is 11.4. The molecule has 2 amide bonds. The van der Waals surface area contributed by atoms with Gasteiger partial charge in [-0.05, 0) is 70.8 Å². The standard InChI is InChI=1S/C29H27ClFNO4S/c1-29(2,3)20-9-13-22(14-10-20)36-16-15-35-21-11-7-19(8-12-21)17-26-27(33)32(28(34)37-26)18-23-24(30)5-4-6-25(23)31/h4-14,17H,15-16,18H2,1-3H3/b26-17-. The lowest BCUT2D eigenvalue weighted by Crippen LogP contribution is -2.28. The van der Waals surface area contributed by atoms with Crippen LogP contribution in [0.5, 0.6) is 11.5 Å². The summed E-state index contributed by atoms with van der Waals surface area (Å²) in [5, 5.41) is -0.300. The smallest absolute Gasteiger partial charge is 0.293 e. The van der Waals surface area contributed by atoms with Crippen LogP contribution in [-0.2, 0) is 16.8 Å². The number of hydrogen-bond acceptors (Lipinski definition) is 5. The molecule has 1 heterocycles. The molecule has 1 aliphatic heterocycles. The summed E-state index contributed by atoms with van der Waals surface area (Å²) in [5.41, 5.74) is 2.19. The fraction of sp³-hybridized carbons (Fsp3) is 0.241. The number of hydrogen-bond donors (Lipinski definition) is 0. The molecule has 37 heavy (non-hydrogen) atoms. The number of thioether (sulfide) groups is 1. The van der Waals surface area contributed by atoms with Gasteiger partial charge in [0.25, 0.3) is 11.1 Å². The zero-order valence-electron chi connectivity index (χ0n) is 20.8. The molecule has 0 saturated carbocycles. The van der Waals surface area contributed by atoms with Crippen molar-refractivity contribution in [1.82, 2.24) is 4.90 Å². The van der Waals surface area contributed by atoms with E-state index >= 15 is 0 Å². The molecule has 1 saturated heterocycles. The van der Waals surface area contributed by atoms with Gasteiger partial charge in [0.2, 0.25) is 0 Å². The number of carbonyl (C=O) groups excluding carboxylic acids is 2. The molecule has 1 fully saturated rings. The molecule has 192 valence electrons. The number of halogens is 2. The number of carbonyl (C=O) groups is 2. The van der Waals surface area contributed by atoms with E-state index in [-0.39, 0.29) is 27.5 Å². The molecule has 3 aromatic carbocycles. The molecule has 4 rings (SSSR count). The minimum Gasteiger partial charge on any atom is -0.490 e. The Morgan fingerprint density at radius 1 is 0.919 bits per heavy atom. The van der Waals surface area contributed by atoms with Crippen molar-refractivity contribution in [2.45, 2.75) is 32.7 Å². The largest absolute Gasteiger partial charge is 0.490 e. The van der Waals surface area contributed by atoms with Crippen LogP contribution in [0.3, 0.4) is 0 Å². The fourth-order valence-electron chi connectivity index (χ4n) is 3.66. The Hall–Kier alpha value is -3.29. The first kappa shape index (κ1) is 26.8.